The number of aromatic hydroxyl groups is 1. The molecule has 1 aliphatic heterocycles. The number of hydrogen-bond donors (Lipinski definition) is 1. The molecule has 108 valence electrons. The van der Waals surface area contributed by atoms with E-state index in [1.807, 2.05) is 12.1 Å². The molecule has 0 bridgehead atoms. The first kappa shape index (κ1) is 13.5. The van der Waals surface area contributed by atoms with Gasteiger partial charge in [-0.25, -0.2) is 0 Å². The number of phenolic OH excluding ortho intramolecular Hbond substituents is 1. The minimum Gasteiger partial charge on any atom is -0.508 e. The molecule has 0 radical (unpaired) electrons. The van der Waals surface area contributed by atoms with Crippen LogP contribution in [0.4, 0.5) is 0 Å². The predicted molar refractivity (Wildman–Crippen MR) is 78.5 cm³/mol. The summed E-state index contributed by atoms with van der Waals surface area (Å²) in [5.74, 6) is 1.57. The molecule has 1 saturated heterocycles. The topological polar surface area (TPSA) is 40.5 Å². The fourth-order valence-corrected chi connectivity index (χ4v) is 3.65. The van der Waals surface area contributed by atoms with Gasteiger partial charge in [0.2, 0.25) is 5.91 Å². The van der Waals surface area contributed by atoms with Gasteiger partial charge in [0.1, 0.15) is 5.75 Å². The number of likely N-dealkylation sites (tertiary alicyclic amines) is 1. The zero-order valence-electron chi connectivity index (χ0n) is 11.9. The van der Waals surface area contributed by atoms with E-state index < -0.39 is 0 Å². The van der Waals surface area contributed by atoms with Crippen LogP contribution in [0.1, 0.15) is 37.7 Å². The Morgan fingerprint density at radius 3 is 2.80 bits per heavy atom. The number of carbonyl (C=O) groups excluding carboxylic acids is 1. The van der Waals surface area contributed by atoms with E-state index in [9.17, 15) is 9.90 Å². The van der Waals surface area contributed by atoms with E-state index in [1.165, 1.54) is 18.4 Å². The third-order valence-corrected chi connectivity index (χ3v) is 4.74. The molecule has 1 aromatic rings. The smallest absolute Gasteiger partial charge is 0.225 e. The maximum Gasteiger partial charge on any atom is 0.225 e. The van der Waals surface area contributed by atoms with Crippen LogP contribution in [0.2, 0.25) is 0 Å². The van der Waals surface area contributed by atoms with E-state index in [0.717, 1.165) is 38.8 Å². The second-order valence-electron chi connectivity index (χ2n) is 6.29. The molecule has 2 fully saturated rings. The van der Waals surface area contributed by atoms with E-state index in [4.69, 9.17) is 0 Å². The molecule has 1 N–H and O–H groups in total. The van der Waals surface area contributed by atoms with Crippen LogP contribution in [-0.4, -0.2) is 29.0 Å². The third kappa shape index (κ3) is 2.97. The summed E-state index contributed by atoms with van der Waals surface area (Å²) in [6.45, 7) is 1.81. The van der Waals surface area contributed by atoms with Gasteiger partial charge >= 0.3 is 0 Å². The van der Waals surface area contributed by atoms with Crippen LogP contribution in [-0.2, 0) is 11.2 Å². The van der Waals surface area contributed by atoms with Crippen LogP contribution in [0, 0.1) is 11.8 Å². The molecule has 1 atom stereocenters. The SMILES string of the molecule is O=C(C1CCCC1)N1CCC(Cc2cccc(O)c2)C1. The van der Waals surface area contributed by atoms with E-state index in [0.29, 0.717) is 23.5 Å². The van der Waals surface area contributed by atoms with Crippen LogP contribution in [0.25, 0.3) is 0 Å². The van der Waals surface area contributed by atoms with Crippen LogP contribution in [0.5, 0.6) is 5.75 Å². The molecular formula is C17H23NO2. The van der Waals surface area contributed by atoms with Gasteiger partial charge in [-0.2, -0.15) is 0 Å². The molecule has 3 rings (SSSR count). The van der Waals surface area contributed by atoms with Crippen LogP contribution in [0.15, 0.2) is 24.3 Å². The average molecular weight is 273 g/mol. The summed E-state index contributed by atoms with van der Waals surface area (Å²) < 4.78 is 0. The predicted octanol–water partition coefficient (Wildman–Crippen LogP) is 2.97. The Labute approximate surface area is 120 Å². The van der Waals surface area contributed by atoms with Crippen molar-refractivity contribution in [3.05, 3.63) is 29.8 Å². The van der Waals surface area contributed by atoms with Crippen molar-refractivity contribution in [2.24, 2.45) is 11.8 Å². The Kier molecular flexibility index (Phi) is 3.95. The summed E-state index contributed by atoms with van der Waals surface area (Å²) in [6, 6.07) is 7.48. The second-order valence-corrected chi connectivity index (χ2v) is 6.29. The molecule has 1 aromatic carbocycles. The highest BCUT2D eigenvalue weighted by atomic mass is 16.3. The Morgan fingerprint density at radius 2 is 2.05 bits per heavy atom. The molecule has 1 unspecified atom stereocenters. The minimum absolute atomic E-state index is 0.300. The Hall–Kier alpha value is -1.51. The second kappa shape index (κ2) is 5.86. The van der Waals surface area contributed by atoms with Crippen molar-refractivity contribution in [1.82, 2.24) is 4.90 Å². The summed E-state index contributed by atoms with van der Waals surface area (Å²) in [4.78, 5) is 14.5. The number of phenols is 1. The zero-order chi connectivity index (χ0) is 13.9. The Morgan fingerprint density at radius 1 is 1.25 bits per heavy atom. The zero-order valence-corrected chi connectivity index (χ0v) is 11.9. The van der Waals surface area contributed by atoms with Gasteiger partial charge in [0.05, 0.1) is 0 Å². The molecule has 3 nitrogen and oxygen atoms in total. The molecule has 1 amide bonds. The van der Waals surface area contributed by atoms with E-state index in [1.54, 1.807) is 6.07 Å². The standard InChI is InChI=1S/C17H23NO2/c19-16-7-3-4-13(11-16)10-14-8-9-18(12-14)17(20)15-5-1-2-6-15/h3-4,7,11,14-15,19H,1-2,5-6,8-10,12H2. The highest BCUT2D eigenvalue weighted by molar-refractivity contribution is 5.79. The van der Waals surface area contributed by atoms with Gasteiger partial charge in [0.25, 0.3) is 0 Å². The van der Waals surface area contributed by atoms with Gasteiger partial charge < -0.3 is 10.0 Å². The van der Waals surface area contributed by atoms with Crippen molar-refractivity contribution in [2.75, 3.05) is 13.1 Å². The summed E-state index contributed by atoms with van der Waals surface area (Å²) in [6.07, 6.45) is 6.67. The number of nitrogens with zero attached hydrogens (tertiary/aromatic N) is 1. The van der Waals surface area contributed by atoms with E-state index in [2.05, 4.69) is 11.0 Å². The molecule has 2 aliphatic rings. The van der Waals surface area contributed by atoms with Crippen LogP contribution >= 0.6 is 0 Å². The molecule has 20 heavy (non-hydrogen) atoms. The number of rotatable bonds is 3. The lowest BCUT2D eigenvalue weighted by Crippen LogP contribution is -2.33. The normalized spacial score (nSPS) is 23.4. The third-order valence-electron chi connectivity index (χ3n) is 4.74. The van der Waals surface area contributed by atoms with Crippen LogP contribution < -0.4 is 0 Å². The lowest BCUT2D eigenvalue weighted by Gasteiger charge is -2.20. The molecule has 0 aromatic heterocycles. The monoisotopic (exact) mass is 273 g/mol. The maximum absolute atomic E-state index is 12.4. The van der Waals surface area contributed by atoms with Crippen molar-refractivity contribution in [1.29, 1.82) is 0 Å². The fraction of sp³-hybridized carbons (Fsp3) is 0.588. The lowest BCUT2D eigenvalue weighted by molar-refractivity contribution is -0.134. The van der Waals surface area contributed by atoms with Crippen molar-refractivity contribution in [3.63, 3.8) is 0 Å². The minimum atomic E-state index is 0.300. The van der Waals surface area contributed by atoms with Crippen molar-refractivity contribution < 1.29 is 9.90 Å². The van der Waals surface area contributed by atoms with Crippen LogP contribution in [0.3, 0.4) is 0 Å². The van der Waals surface area contributed by atoms with E-state index in [-0.39, 0.29) is 0 Å². The molecule has 1 heterocycles. The first-order chi connectivity index (χ1) is 9.72. The lowest BCUT2D eigenvalue weighted by atomic mass is 9.98. The molecule has 3 heteroatoms. The highest BCUT2D eigenvalue weighted by Gasteiger charge is 2.32. The highest BCUT2D eigenvalue weighted by Crippen LogP contribution is 2.30. The quantitative estimate of drug-likeness (QED) is 0.919. The fourth-order valence-electron chi connectivity index (χ4n) is 3.65. The van der Waals surface area contributed by atoms with Crippen molar-refractivity contribution >= 4 is 5.91 Å². The number of carbonyl (C=O) groups is 1. The average Bonchev–Trinajstić information content (AvgIpc) is 3.09. The van der Waals surface area contributed by atoms with Crippen molar-refractivity contribution in [3.8, 4) is 5.75 Å². The summed E-state index contributed by atoms with van der Waals surface area (Å²) >= 11 is 0. The first-order valence-corrected chi connectivity index (χ1v) is 7.79. The van der Waals surface area contributed by atoms with Gasteiger partial charge in [-0.05, 0) is 49.3 Å². The van der Waals surface area contributed by atoms with Gasteiger partial charge in [-0.3, -0.25) is 4.79 Å². The molecular weight excluding hydrogens is 250 g/mol. The van der Waals surface area contributed by atoms with Gasteiger partial charge in [0, 0.05) is 19.0 Å². The van der Waals surface area contributed by atoms with Crippen molar-refractivity contribution in [2.45, 2.75) is 38.5 Å². The molecule has 1 aliphatic carbocycles. The number of amides is 1. The molecule has 1 saturated carbocycles. The summed E-state index contributed by atoms with van der Waals surface area (Å²) in [5.41, 5.74) is 1.17. The Bertz CT molecular complexity index is 480. The van der Waals surface area contributed by atoms with Gasteiger partial charge in [0.15, 0.2) is 0 Å². The number of benzene rings is 1. The summed E-state index contributed by atoms with van der Waals surface area (Å²) in [5, 5.41) is 9.51. The van der Waals surface area contributed by atoms with E-state index >= 15 is 0 Å². The molecule has 0 spiro atoms. The van der Waals surface area contributed by atoms with Gasteiger partial charge in [-0.1, -0.05) is 25.0 Å². The van der Waals surface area contributed by atoms with Gasteiger partial charge in [-0.15, -0.1) is 0 Å². The maximum atomic E-state index is 12.4. The largest absolute Gasteiger partial charge is 0.508 e. The summed E-state index contributed by atoms with van der Waals surface area (Å²) in [7, 11) is 0. The Balaban J connectivity index is 1.55. The number of hydrogen-bond acceptors (Lipinski definition) is 2. The first-order valence-electron chi connectivity index (χ1n) is 7.79.